The predicted molar refractivity (Wildman–Crippen MR) is 121 cm³/mol. The SMILES string of the molecule is [2H]C([2H])([2H])Oc1cc(-c2ccc(-c3ccc(N(C)[C@@H]4C5CC([C@@H]4F)N(C)C5)nn3)c(O)c2)ccn1. The zero-order valence-electron chi connectivity index (χ0n) is 20.8. The number of anilines is 1. The van der Waals surface area contributed by atoms with Gasteiger partial charge >= 0.3 is 0 Å². The Labute approximate surface area is 190 Å². The molecule has 1 N–H and O–H groups in total. The van der Waals surface area contributed by atoms with Gasteiger partial charge in [-0.3, -0.25) is 0 Å². The molecular weight excluding hydrogens is 409 g/mol. The summed E-state index contributed by atoms with van der Waals surface area (Å²) in [6.07, 6.45) is 1.37. The standard InChI is InChI=1S/C24H26FN5O2/c1-29-13-16-10-19(29)23(25)24(16)30(2)21-7-6-18(27-28-21)17-5-4-14(11-20(17)31)15-8-9-26-22(12-15)32-3/h4-9,11-12,16,19,23-24,31H,10,13H2,1-3H3/t16?,19?,23-,24+/m0/s1/i3D3. The molecule has 1 aliphatic heterocycles. The number of ether oxygens (including phenoxy) is 1. The van der Waals surface area contributed by atoms with Gasteiger partial charge in [0.15, 0.2) is 5.82 Å². The summed E-state index contributed by atoms with van der Waals surface area (Å²) in [4.78, 5) is 7.89. The Balaban J connectivity index is 1.34. The van der Waals surface area contributed by atoms with Gasteiger partial charge in [-0.2, -0.15) is 0 Å². The number of hydrogen-bond acceptors (Lipinski definition) is 7. The number of hydrogen-bond donors (Lipinski definition) is 1. The number of fused-ring (bicyclic) bond motifs is 2. The number of phenolic OH excluding ortho intramolecular Hbond substituents is 1. The summed E-state index contributed by atoms with van der Waals surface area (Å²) in [7, 11) is 1.22. The van der Waals surface area contributed by atoms with Crippen LogP contribution >= 0.6 is 0 Å². The highest BCUT2D eigenvalue weighted by Crippen LogP contribution is 2.42. The molecule has 1 saturated carbocycles. The van der Waals surface area contributed by atoms with Crippen molar-refractivity contribution in [1.29, 1.82) is 0 Å². The van der Waals surface area contributed by atoms with Crippen LogP contribution in [0.5, 0.6) is 11.6 Å². The summed E-state index contributed by atoms with van der Waals surface area (Å²) < 4.78 is 41.5. The molecule has 5 rings (SSSR count). The fraction of sp³-hybridized carbons (Fsp3) is 0.375. The summed E-state index contributed by atoms with van der Waals surface area (Å²) in [5.41, 5.74) is 2.27. The van der Waals surface area contributed by atoms with Gasteiger partial charge in [0.2, 0.25) is 5.88 Å². The van der Waals surface area contributed by atoms with Gasteiger partial charge in [-0.15, -0.1) is 10.2 Å². The molecule has 7 nitrogen and oxygen atoms in total. The molecule has 0 radical (unpaired) electrons. The van der Waals surface area contributed by atoms with Gasteiger partial charge < -0.3 is 19.6 Å². The molecule has 166 valence electrons. The van der Waals surface area contributed by atoms with Crippen LogP contribution in [0.1, 0.15) is 10.5 Å². The molecule has 2 unspecified atom stereocenters. The van der Waals surface area contributed by atoms with Crippen molar-refractivity contribution in [3.05, 3.63) is 48.7 Å². The molecule has 1 aliphatic carbocycles. The van der Waals surface area contributed by atoms with Gasteiger partial charge in [0, 0.05) is 37.5 Å². The molecule has 1 aromatic carbocycles. The third kappa shape index (κ3) is 3.44. The van der Waals surface area contributed by atoms with E-state index < -0.39 is 13.2 Å². The van der Waals surface area contributed by atoms with Gasteiger partial charge in [-0.25, -0.2) is 9.37 Å². The highest BCUT2D eigenvalue weighted by molar-refractivity contribution is 5.74. The van der Waals surface area contributed by atoms with Crippen molar-refractivity contribution in [3.63, 3.8) is 0 Å². The second-order valence-corrected chi connectivity index (χ2v) is 8.54. The minimum absolute atomic E-state index is 0.00651. The third-order valence-corrected chi connectivity index (χ3v) is 6.72. The normalized spacial score (nSPS) is 26.4. The number of piperidine rings is 1. The van der Waals surface area contributed by atoms with E-state index in [1.54, 1.807) is 36.4 Å². The first-order valence-electron chi connectivity index (χ1n) is 12.0. The van der Waals surface area contributed by atoms with Crippen LogP contribution in [-0.2, 0) is 0 Å². The molecule has 3 heterocycles. The summed E-state index contributed by atoms with van der Waals surface area (Å²) >= 11 is 0. The summed E-state index contributed by atoms with van der Waals surface area (Å²) in [6.45, 7) is 0.882. The molecule has 2 aromatic heterocycles. The maximum atomic E-state index is 14.9. The number of benzene rings is 1. The minimum atomic E-state index is -2.60. The number of aromatic hydroxyl groups is 1. The number of nitrogens with zero attached hydrogens (tertiary/aromatic N) is 5. The second-order valence-electron chi connectivity index (χ2n) is 8.54. The quantitative estimate of drug-likeness (QED) is 0.654. The van der Waals surface area contributed by atoms with Crippen molar-refractivity contribution < 1.29 is 18.3 Å². The predicted octanol–water partition coefficient (Wildman–Crippen LogP) is 3.40. The molecule has 32 heavy (non-hydrogen) atoms. The van der Waals surface area contributed by atoms with Crippen LogP contribution in [0.25, 0.3) is 22.4 Å². The number of likely N-dealkylation sites (tertiary alicyclic amines) is 1. The smallest absolute Gasteiger partial charge is 0.213 e. The number of methoxy groups -OCH3 is 1. The van der Waals surface area contributed by atoms with E-state index in [9.17, 15) is 9.50 Å². The largest absolute Gasteiger partial charge is 0.507 e. The number of aromatic nitrogens is 3. The van der Waals surface area contributed by atoms with E-state index in [0.29, 0.717) is 28.2 Å². The average molecular weight is 439 g/mol. The summed E-state index contributed by atoms with van der Waals surface area (Å²) in [6, 6.07) is 11.5. The van der Waals surface area contributed by atoms with Crippen LogP contribution < -0.4 is 9.64 Å². The lowest BCUT2D eigenvalue weighted by Crippen LogP contribution is -2.51. The van der Waals surface area contributed by atoms with E-state index in [-0.39, 0.29) is 29.6 Å². The molecular formula is C24H26FN5O2. The Bertz CT molecular complexity index is 1220. The molecule has 2 aliphatic rings. The van der Waals surface area contributed by atoms with Gasteiger partial charge in [0.1, 0.15) is 11.9 Å². The topological polar surface area (TPSA) is 74.6 Å². The van der Waals surface area contributed by atoms with Gasteiger partial charge in [-0.05, 0) is 60.8 Å². The molecule has 3 aromatic rings. The highest BCUT2D eigenvalue weighted by atomic mass is 19.1. The Kier molecular flexibility index (Phi) is 4.34. The molecule has 0 spiro atoms. The first-order chi connectivity index (χ1) is 16.6. The second kappa shape index (κ2) is 8.02. The number of phenols is 1. The molecule has 1 saturated heterocycles. The van der Waals surface area contributed by atoms with Crippen LogP contribution in [0, 0.1) is 5.92 Å². The molecule has 8 heteroatoms. The lowest BCUT2D eigenvalue weighted by molar-refractivity contribution is 0.126. The summed E-state index contributed by atoms with van der Waals surface area (Å²) in [5.74, 6) is 0.815. The maximum absolute atomic E-state index is 14.9. The zero-order valence-corrected chi connectivity index (χ0v) is 17.8. The van der Waals surface area contributed by atoms with Gasteiger partial charge in [0.25, 0.3) is 0 Å². The fourth-order valence-corrected chi connectivity index (χ4v) is 5.09. The van der Waals surface area contributed by atoms with Crippen molar-refractivity contribution >= 4 is 5.82 Å². The van der Waals surface area contributed by atoms with Gasteiger partial charge in [-0.1, -0.05) is 6.07 Å². The maximum Gasteiger partial charge on any atom is 0.213 e. The Morgan fingerprint density at radius 3 is 2.72 bits per heavy atom. The minimum Gasteiger partial charge on any atom is -0.507 e. The van der Waals surface area contributed by atoms with Crippen LogP contribution in [-0.4, -0.2) is 71.1 Å². The van der Waals surface area contributed by atoms with E-state index in [1.165, 1.54) is 12.3 Å². The lowest BCUT2D eigenvalue weighted by atomic mass is 10.00. The number of pyridine rings is 1. The van der Waals surface area contributed by atoms with Crippen LogP contribution in [0.15, 0.2) is 48.7 Å². The van der Waals surface area contributed by atoms with Gasteiger partial charge in [0.05, 0.1) is 22.9 Å². The first kappa shape index (κ1) is 17.3. The molecule has 0 amide bonds. The van der Waals surface area contributed by atoms with E-state index in [4.69, 9.17) is 8.85 Å². The van der Waals surface area contributed by atoms with Crippen molar-refractivity contribution in [2.75, 3.05) is 32.6 Å². The van der Waals surface area contributed by atoms with E-state index >= 15 is 0 Å². The monoisotopic (exact) mass is 438 g/mol. The average Bonchev–Trinajstić information content (AvgIpc) is 3.34. The van der Waals surface area contributed by atoms with Crippen molar-refractivity contribution in [3.8, 4) is 34.0 Å². The van der Waals surface area contributed by atoms with Crippen molar-refractivity contribution in [2.45, 2.75) is 24.7 Å². The van der Waals surface area contributed by atoms with Crippen molar-refractivity contribution in [1.82, 2.24) is 20.1 Å². The zero-order chi connectivity index (χ0) is 24.9. The van der Waals surface area contributed by atoms with Crippen molar-refractivity contribution in [2.24, 2.45) is 5.92 Å². The van der Waals surface area contributed by atoms with E-state index in [2.05, 4.69) is 20.1 Å². The first-order valence-corrected chi connectivity index (χ1v) is 10.5. The molecule has 2 fully saturated rings. The fourth-order valence-electron chi connectivity index (χ4n) is 5.09. The summed E-state index contributed by atoms with van der Waals surface area (Å²) in [5, 5.41) is 19.3. The molecule has 2 bridgehead atoms. The Morgan fingerprint density at radius 2 is 2.03 bits per heavy atom. The number of rotatable bonds is 5. The highest BCUT2D eigenvalue weighted by Gasteiger charge is 2.52. The molecule has 4 atom stereocenters. The van der Waals surface area contributed by atoms with E-state index in [1.807, 2.05) is 19.0 Å². The third-order valence-electron chi connectivity index (χ3n) is 6.72. The van der Waals surface area contributed by atoms with Crippen LogP contribution in [0.4, 0.5) is 10.2 Å². The Morgan fingerprint density at radius 1 is 1.19 bits per heavy atom. The number of alkyl halides is 1. The van der Waals surface area contributed by atoms with Crippen LogP contribution in [0.2, 0.25) is 0 Å². The number of halogens is 1. The Hall–Kier alpha value is -3.26. The van der Waals surface area contributed by atoms with Crippen LogP contribution in [0.3, 0.4) is 0 Å². The lowest BCUT2D eigenvalue weighted by Gasteiger charge is -2.37. The van der Waals surface area contributed by atoms with E-state index in [0.717, 1.165) is 13.0 Å².